The van der Waals surface area contributed by atoms with Crippen molar-refractivity contribution < 1.29 is 14.7 Å². The third-order valence-corrected chi connectivity index (χ3v) is 3.24. The summed E-state index contributed by atoms with van der Waals surface area (Å²) in [6.45, 7) is 1.87. The van der Waals surface area contributed by atoms with Gasteiger partial charge in [-0.3, -0.25) is 9.59 Å². The van der Waals surface area contributed by atoms with Crippen LogP contribution in [0.25, 0.3) is 5.69 Å². The van der Waals surface area contributed by atoms with Crippen molar-refractivity contribution in [3.63, 3.8) is 0 Å². The second-order valence-corrected chi connectivity index (χ2v) is 5.08. The van der Waals surface area contributed by atoms with Crippen LogP contribution in [0.1, 0.15) is 30.1 Å². The summed E-state index contributed by atoms with van der Waals surface area (Å²) in [6, 6.07) is 9.19. The third kappa shape index (κ3) is 4.02. The summed E-state index contributed by atoms with van der Waals surface area (Å²) >= 11 is 0. The Hall–Kier alpha value is -2.47. The Morgan fingerprint density at radius 3 is 2.73 bits per heavy atom. The van der Waals surface area contributed by atoms with Crippen LogP contribution >= 0.6 is 0 Å². The summed E-state index contributed by atoms with van der Waals surface area (Å²) in [5.41, 5.74) is 1.06. The highest BCUT2D eigenvalue weighted by molar-refractivity contribution is 6.42. The Balaban J connectivity index is 2.01. The van der Waals surface area contributed by atoms with E-state index in [1.807, 2.05) is 30.3 Å². The molecule has 2 aromatic rings. The van der Waals surface area contributed by atoms with Gasteiger partial charge >= 0.3 is 0 Å². The highest BCUT2D eigenvalue weighted by Crippen LogP contribution is 2.08. The van der Waals surface area contributed by atoms with Crippen LogP contribution < -0.4 is 5.32 Å². The van der Waals surface area contributed by atoms with Gasteiger partial charge in [-0.25, -0.2) is 4.68 Å². The molecule has 1 aromatic heterocycles. The maximum atomic E-state index is 12.1. The van der Waals surface area contributed by atoms with Gasteiger partial charge in [0.1, 0.15) is 0 Å². The van der Waals surface area contributed by atoms with Crippen LogP contribution in [0.5, 0.6) is 0 Å². The average molecular weight is 301 g/mol. The van der Waals surface area contributed by atoms with E-state index in [4.69, 9.17) is 5.11 Å². The van der Waals surface area contributed by atoms with Gasteiger partial charge in [0, 0.05) is 18.8 Å². The molecule has 2 N–H and O–H groups in total. The number of aromatic nitrogens is 2. The van der Waals surface area contributed by atoms with Gasteiger partial charge in [0.15, 0.2) is 0 Å². The van der Waals surface area contributed by atoms with E-state index < -0.39 is 11.7 Å². The summed E-state index contributed by atoms with van der Waals surface area (Å²) in [4.78, 5) is 24.0. The molecule has 0 saturated carbocycles. The Morgan fingerprint density at radius 1 is 1.32 bits per heavy atom. The summed E-state index contributed by atoms with van der Waals surface area (Å²) in [5.74, 6) is -1.27. The molecule has 6 heteroatoms. The molecule has 0 fully saturated rings. The molecule has 0 aliphatic rings. The highest BCUT2D eigenvalue weighted by Gasteiger charge is 2.19. The quantitative estimate of drug-likeness (QED) is 0.597. The van der Waals surface area contributed by atoms with Crippen LogP contribution in [0.3, 0.4) is 0 Å². The zero-order valence-electron chi connectivity index (χ0n) is 12.4. The summed E-state index contributed by atoms with van der Waals surface area (Å²) in [5, 5.41) is 15.5. The predicted molar refractivity (Wildman–Crippen MR) is 81.8 cm³/mol. The van der Waals surface area contributed by atoms with Gasteiger partial charge in [-0.2, -0.15) is 5.10 Å². The Bertz CT molecular complexity index is 637. The van der Waals surface area contributed by atoms with Crippen molar-refractivity contribution >= 4 is 11.7 Å². The lowest BCUT2D eigenvalue weighted by atomic mass is 10.1. The Labute approximate surface area is 128 Å². The number of carbonyl (C=O) groups is 2. The number of para-hydroxylation sites is 1. The molecule has 1 unspecified atom stereocenters. The average Bonchev–Trinajstić information content (AvgIpc) is 3.03. The lowest BCUT2D eigenvalue weighted by Gasteiger charge is -2.11. The van der Waals surface area contributed by atoms with E-state index in [0.29, 0.717) is 12.8 Å². The van der Waals surface area contributed by atoms with Crippen LogP contribution in [0.4, 0.5) is 0 Å². The van der Waals surface area contributed by atoms with Gasteiger partial charge < -0.3 is 10.4 Å². The summed E-state index contributed by atoms with van der Waals surface area (Å²) < 4.78 is 1.55. The largest absolute Gasteiger partial charge is 0.396 e. The number of nitrogens with zero attached hydrogens (tertiary/aromatic N) is 2. The predicted octanol–water partition coefficient (Wildman–Crippen LogP) is 1.33. The van der Waals surface area contributed by atoms with Crippen LogP contribution in [0.15, 0.2) is 42.7 Å². The van der Waals surface area contributed by atoms with Crippen LogP contribution in [-0.4, -0.2) is 39.2 Å². The zero-order chi connectivity index (χ0) is 15.9. The number of benzene rings is 1. The van der Waals surface area contributed by atoms with Crippen LogP contribution in [-0.2, 0) is 4.79 Å². The molecular formula is C16H19N3O3. The minimum absolute atomic E-state index is 0.0675. The number of rotatable bonds is 7. The minimum atomic E-state index is -0.655. The van der Waals surface area contributed by atoms with Gasteiger partial charge in [-0.05, 0) is 31.9 Å². The number of nitrogens with one attached hydrogen (secondary N) is 1. The first kappa shape index (κ1) is 15.9. The van der Waals surface area contributed by atoms with E-state index in [1.165, 1.54) is 12.4 Å². The minimum Gasteiger partial charge on any atom is -0.396 e. The highest BCUT2D eigenvalue weighted by atomic mass is 16.3. The number of hydrogen-bond acceptors (Lipinski definition) is 4. The van der Waals surface area contributed by atoms with Crippen molar-refractivity contribution in [2.24, 2.45) is 0 Å². The first-order valence-electron chi connectivity index (χ1n) is 7.18. The van der Waals surface area contributed by atoms with Gasteiger partial charge in [-0.15, -0.1) is 0 Å². The first-order chi connectivity index (χ1) is 10.6. The number of aliphatic hydroxyl groups is 1. The molecule has 22 heavy (non-hydrogen) atoms. The third-order valence-electron chi connectivity index (χ3n) is 3.24. The maximum absolute atomic E-state index is 12.1. The van der Waals surface area contributed by atoms with Gasteiger partial charge in [0.05, 0.1) is 17.4 Å². The van der Waals surface area contributed by atoms with Crippen molar-refractivity contribution in [2.75, 3.05) is 6.61 Å². The Kier molecular flexibility index (Phi) is 5.43. The van der Waals surface area contributed by atoms with Crippen LogP contribution in [0, 0.1) is 0 Å². The molecule has 116 valence electrons. The lowest BCUT2D eigenvalue weighted by molar-refractivity contribution is -0.117. The second-order valence-electron chi connectivity index (χ2n) is 5.08. The molecule has 1 amide bonds. The van der Waals surface area contributed by atoms with Crippen molar-refractivity contribution in [1.29, 1.82) is 0 Å². The number of Topliss-reactive ketones (excluding diaryl/α,β-unsaturated/α-hetero) is 1. The SMILES string of the molecule is CC(CCCO)NC(=O)C(=O)c1cnn(-c2ccccc2)c1. The monoisotopic (exact) mass is 301 g/mol. The topological polar surface area (TPSA) is 84.2 Å². The molecule has 0 bridgehead atoms. The summed E-state index contributed by atoms with van der Waals surface area (Å²) in [7, 11) is 0. The van der Waals surface area contributed by atoms with Gasteiger partial charge in [-0.1, -0.05) is 18.2 Å². The van der Waals surface area contributed by atoms with Crippen molar-refractivity contribution in [2.45, 2.75) is 25.8 Å². The molecule has 1 heterocycles. The number of hydrogen-bond donors (Lipinski definition) is 2. The van der Waals surface area contributed by atoms with Crippen molar-refractivity contribution in [3.05, 3.63) is 48.3 Å². The van der Waals surface area contributed by atoms with E-state index in [0.717, 1.165) is 5.69 Å². The van der Waals surface area contributed by atoms with E-state index in [-0.39, 0.29) is 18.2 Å². The van der Waals surface area contributed by atoms with Crippen molar-refractivity contribution in [1.82, 2.24) is 15.1 Å². The molecule has 2 rings (SSSR count). The lowest BCUT2D eigenvalue weighted by Crippen LogP contribution is -2.37. The molecule has 0 spiro atoms. The molecular weight excluding hydrogens is 282 g/mol. The normalized spacial score (nSPS) is 11.9. The molecule has 0 aliphatic heterocycles. The number of carbonyl (C=O) groups excluding carboxylic acids is 2. The fourth-order valence-electron chi connectivity index (χ4n) is 2.05. The second kappa shape index (κ2) is 7.51. The molecule has 6 nitrogen and oxygen atoms in total. The molecule has 0 aliphatic carbocycles. The van der Waals surface area contributed by atoms with Crippen molar-refractivity contribution in [3.8, 4) is 5.69 Å². The number of amides is 1. The van der Waals surface area contributed by atoms with Crippen LogP contribution in [0.2, 0.25) is 0 Å². The van der Waals surface area contributed by atoms with E-state index in [2.05, 4.69) is 10.4 Å². The molecule has 0 radical (unpaired) electrons. The fourth-order valence-corrected chi connectivity index (χ4v) is 2.05. The van der Waals surface area contributed by atoms with E-state index in [1.54, 1.807) is 11.6 Å². The van der Waals surface area contributed by atoms with Gasteiger partial charge in [0.2, 0.25) is 0 Å². The first-order valence-corrected chi connectivity index (χ1v) is 7.18. The fraction of sp³-hybridized carbons (Fsp3) is 0.312. The molecule has 1 atom stereocenters. The zero-order valence-corrected chi connectivity index (χ0v) is 12.4. The summed E-state index contributed by atoms with van der Waals surface area (Å²) in [6.07, 6.45) is 4.13. The maximum Gasteiger partial charge on any atom is 0.292 e. The van der Waals surface area contributed by atoms with Gasteiger partial charge in [0.25, 0.3) is 11.7 Å². The molecule has 0 saturated heterocycles. The van der Waals surface area contributed by atoms with E-state index in [9.17, 15) is 9.59 Å². The smallest absolute Gasteiger partial charge is 0.292 e. The molecule has 1 aromatic carbocycles. The standard InChI is InChI=1S/C16H19N3O3/c1-12(6-5-9-20)18-16(22)15(21)13-10-17-19(11-13)14-7-3-2-4-8-14/h2-4,7-8,10-12,20H,5-6,9H2,1H3,(H,18,22). The van der Waals surface area contributed by atoms with E-state index >= 15 is 0 Å². The number of aliphatic hydroxyl groups excluding tert-OH is 1. The number of ketones is 1. The Morgan fingerprint density at radius 2 is 2.05 bits per heavy atom.